The number of carbonyl (C=O) groups excluding carboxylic acids is 2. The van der Waals surface area contributed by atoms with Gasteiger partial charge < -0.3 is 24.3 Å². The van der Waals surface area contributed by atoms with Crippen LogP contribution in [-0.4, -0.2) is 59.5 Å². The molecule has 3 aromatic carbocycles. The number of benzene rings is 3. The zero-order chi connectivity index (χ0) is 28.2. The van der Waals surface area contributed by atoms with Crippen LogP contribution in [0.3, 0.4) is 0 Å². The average Bonchev–Trinajstić information content (AvgIpc) is 3.77. The Labute approximate surface area is 236 Å². The Hall–Kier alpha value is -4.64. The summed E-state index contributed by atoms with van der Waals surface area (Å²) in [5.41, 5.74) is 2.49. The zero-order valence-corrected chi connectivity index (χ0v) is 22.7. The quantitative estimate of drug-likeness (QED) is 0.314. The maximum atomic E-state index is 14.2. The van der Waals surface area contributed by atoms with Gasteiger partial charge in [0.15, 0.2) is 11.5 Å². The third kappa shape index (κ3) is 5.66. The number of nitrogens with zero attached hydrogens (tertiary/aromatic N) is 4. The summed E-state index contributed by atoms with van der Waals surface area (Å²) in [7, 11) is 0. The van der Waals surface area contributed by atoms with E-state index < -0.39 is 6.04 Å². The highest BCUT2D eigenvalue weighted by Crippen LogP contribution is 2.38. The molecule has 2 aliphatic heterocycles. The SMILES string of the molecule is CCOc1ccc([C@H](C(=O)NC[C@@H]2CCCO2)N(C(=O)Cn2nnc3ccccc32)c2ccc3c(c2)OCO3)cc1. The summed E-state index contributed by atoms with van der Waals surface area (Å²) >= 11 is 0. The van der Waals surface area contributed by atoms with Gasteiger partial charge in [0.1, 0.15) is 23.9 Å². The van der Waals surface area contributed by atoms with Crippen molar-refractivity contribution in [1.82, 2.24) is 20.3 Å². The molecule has 212 valence electrons. The Morgan fingerprint density at radius 3 is 2.73 bits per heavy atom. The molecule has 0 unspecified atom stereocenters. The zero-order valence-electron chi connectivity index (χ0n) is 22.7. The lowest BCUT2D eigenvalue weighted by atomic mass is 10.0. The van der Waals surface area contributed by atoms with E-state index in [1.54, 1.807) is 42.5 Å². The molecular weight excluding hydrogens is 526 g/mol. The van der Waals surface area contributed by atoms with Crippen LogP contribution in [-0.2, 0) is 20.9 Å². The summed E-state index contributed by atoms with van der Waals surface area (Å²) in [6.07, 6.45) is 1.77. The van der Waals surface area contributed by atoms with E-state index in [9.17, 15) is 9.59 Å². The number of carbonyl (C=O) groups is 2. The standard InChI is InChI=1S/C30H31N5O6/c1-2-38-22-12-9-20(10-13-22)29(30(37)31-17-23-6-5-15-39-23)35(21-11-14-26-27(16-21)41-19-40-26)28(36)18-34-25-8-4-3-7-24(25)32-33-34/h3-4,7-14,16,23,29H,2,5-6,15,17-19H2,1H3,(H,31,37)/t23-,29+/m0/s1. The topological polar surface area (TPSA) is 117 Å². The van der Waals surface area contributed by atoms with Crippen molar-refractivity contribution in [2.75, 3.05) is 31.5 Å². The Kier molecular flexibility index (Phi) is 7.68. The van der Waals surface area contributed by atoms with Crippen molar-refractivity contribution in [2.24, 2.45) is 0 Å². The van der Waals surface area contributed by atoms with Gasteiger partial charge >= 0.3 is 0 Å². The molecule has 0 saturated carbocycles. The molecule has 2 aliphatic rings. The van der Waals surface area contributed by atoms with Gasteiger partial charge in [-0.3, -0.25) is 14.5 Å². The van der Waals surface area contributed by atoms with E-state index in [1.165, 1.54) is 9.58 Å². The summed E-state index contributed by atoms with van der Waals surface area (Å²) in [5.74, 6) is 1.05. The van der Waals surface area contributed by atoms with Crippen molar-refractivity contribution in [3.8, 4) is 17.2 Å². The summed E-state index contributed by atoms with van der Waals surface area (Å²) in [5, 5.41) is 11.4. The van der Waals surface area contributed by atoms with Gasteiger partial charge in [-0.15, -0.1) is 5.10 Å². The number of rotatable bonds is 10. The predicted molar refractivity (Wildman–Crippen MR) is 150 cm³/mol. The average molecular weight is 558 g/mol. The minimum atomic E-state index is -1.00. The molecule has 1 aromatic heterocycles. The number of aromatic nitrogens is 3. The number of anilines is 1. The van der Waals surface area contributed by atoms with Crippen LogP contribution in [0, 0.1) is 0 Å². The molecule has 0 radical (unpaired) electrons. The predicted octanol–water partition coefficient (Wildman–Crippen LogP) is 3.63. The van der Waals surface area contributed by atoms with Gasteiger partial charge in [-0.25, -0.2) is 4.68 Å². The van der Waals surface area contributed by atoms with E-state index >= 15 is 0 Å². The molecule has 0 aliphatic carbocycles. The second-order valence-electron chi connectivity index (χ2n) is 9.82. The molecule has 1 fully saturated rings. The highest BCUT2D eigenvalue weighted by atomic mass is 16.7. The lowest BCUT2D eigenvalue weighted by Crippen LogP contribution is -2.46. The lowest BCUT2D eigenvalue weighted by molar-refractivity contribution is -0.127. The number of para-hydroxylation sites is 1. The molecule has 0 bridgehead atoms. The molecule has 3 heterocycles. The Balaban J connectivity index is 1.40. The van der Waals surface area contributed by atoms with Crippen molar-refractivity contribution in [1.29, 1.82) is 0 Å². The van der Waals surface area contributed by atoms with Gasteiger partial charge in [-0.05, 0) is 61.7 Å². The molecule has 4 aromatic rings. The number of ether oxygens (including phenoxy) is 4. The minimum Gasteiger partial charge on any atom is -0.494 e. The van der Waals surface area contributed by atoms with Crippen LogP contribution in [0.4, 0.5) is 5.69 Å². The second kappa shape index (κ2) is 11.8. The molecule has 1 N–H and O–H groups in total. The van der Waals surface area contributed by atoms with Crippen LogP contribution in [0.25, 0.3) is 11.0 Å². The third-order valence-corrected chi connectivity index (χ3v) is 7.15. The Morgan fingerprint density at radius 1 is 1.10 bits per heavy atom. The van der Waals surface area contributed by atoms with Gasteiger partial charge in [-0.2, -0.15) is 0 Å². The number of fused-ring (bicyclic) bond motifs is 2. The fourth-order valence-corrected chi connectivity index (χ4v) is 5.16. The lowest BCUT2D eigenvalue weighted by Gasteiger charge is -2.32. The summed E-state index contributed by atoms with van der Waals surface area (Å²) < 4.78 is 24.0. The first-order chi connectivity index (χ1) is 20.1. The Morgan fingerprint density at radius 2 is 1.93 bits per heavy atom. The van der Waals surface area contributed by atoms with Crippen molar-refractivity contribution >= 4 is 28.5 Å². The molecule has 11 nitrogen and oxygen atoms in total. The highest BCUT2D eigenvalue weighted by Gasteiger charge is 2.35. The van der Waals surface area contributed by atoms with E-state index in [4.69, 9.17) is 18.9 Å². The molecule has 0 spiro atoms. The van der Waals surface area contributed by atoms with Gasteiger partial charge in [0.25, 0.3) is 0 Å². The number of nitrogens with one attached hydrogen (secondary N) is 1. The van der Waals surface area contributed by atoms with Crippen LogP contribution >= 0.6 is 0 Å². The number of amides is 2. The monoisotopic (exact) mass is 557 g/mol. The molecule has 2 amide bonds. The van der Waals surface area contributed by atoms with Crippen molar-refractivity contribution in [3.05, 3.63) is 72.3 Å². The number of hydrogen-bond acceptors (Lipinski definition) is 8. The van der Waals surface area contributed by atoms with Gasteiger partial charge in [0.2, 0.25) is 18.6 Å². The van der Waals surface area contributed by atoms with E-state index in [-0.39, 0.29) is 31.3 Å². The molecule has 11 heteroatoms. The van der Waals surface area contributed by atoms with Gasteiger partial charge in [-0.1, -0.05) is 29.5 Å². The first kappa shape index (κ1) is 26.6. The summed E-state index contributed by atoms with van der Waals surface area (Å²) in [6.45, 7) is 3.39. The van der Waals surface area contributed by atoms with E-state index in [1.807, 2.05) is 31.2 Å². The molecule has 41 heavy (non-hydrogen) atoms. The van der Waals surface area contributed by atoms with E-state index in [2.05, 4.69) is 15.6 Å². The van der Waals surface area contributed by atoms with Crippen LogP contribution in [0.1, 0.15) is 31.4 Å². The fourth-order valence-electron chi connectivity index (χ4n) is 5.16. The van der Waals surface area contributed by atoms with Gasteiger partial charge in [0, 0.05) is 24.9 Å². The Bertz CT molecular complexity index is 1530. The second-order valence-corrected chi connectivity index (χ2v) is 9.82. The molecule has 2 atom stereocenters. The minimum absolute atomic E-state index is 0.0591. The maximum Gasteiger partial charge on any atom is 0.249 e. The summed E-state index contributed by atoms with van der Waals surface area (Å²) in [4.78, 5) is 29.7. The first-order valence-electron chi connectivity index (χ1n) is 13.7. The highest BCUT2D eigenvalue weighted by molar-refractivity contribution is 6.01. The maximum absolute atomic E-state index is 14.2. The van der Waals surface area contributed by atoms with Crippen molar-refractivity contribution in [2.45, 2.75) is 38.5 Å². The van der Waals surface area contributed by atoms with Crippen LogP contribution in [0.15, 0.2) is 66.7 Å². The van der Waals surface area contributed by atoms with E-state index in [0.29, 0.717) is 59.3 Å². The van der Waals surface area contributed by atoms with Crippen LogP contribution in [0.2, 0.25) is 0 Å². The van der Waals surface area contributed by atoms with E-state index in [0.717, 1.165) is 12.8 Å². The third-order valence-electron chi connectivity index (χ3n) is 7.15. The molecular formula is C30H31N5O6. The molecule has 1 saturated heterocycles. The van der Waals surface area contributed by atoms with Crippen molar-refractivity contribution in [3.63, 3.8) is 0 Å². The van der Waals surface area contributed by atoms with Crippen molar-refractivity contribution < 1.29 is 28.5 Å². The first-order valence-corrected chi connectivity index (χ1v) is 13.7. The largest absolute Gasteiger partial charge is 0.494 e. The van der Waals surface area contributed by atoms with Crippen LogP contribution < -0.4 is 24.4 Å². The summed E-state index contributed by atoms with van der Waals surface area (Å²) in [6, 6.07) is 18.8. The molecule has 6 rings (SSSR count). The normalized spacial score (nSPS) is 16.5. The van der Waals surface area contributed by atoms with Crippen LogP contribution in [0.5, 0.6) is 17.2 Å². The van der Waals surface area contributed by atoms with Gasteiger partial charge in [0.05, 0.1) is 18.2 Å². The smallest absolute Gasteiger partial charge is 0.249 e. The number of hydrogen-bond donors (Lipinski definition) is 1. The fraction of sp³-hybridized carbons (Fsp3) is 0.333.